The second kappa shape index (κ2) is 6.59. The number of nitrogens with one attached hydrogen (secondary N) is 1. The van der Waals surface area contributed by atoms with Gasteiger partial charge in [0.05, 0.1) is 0 Å². The van der Waals surface area contributed by atoms with Crippen molar-refractivity contribution < 1.29 is 0 Å². The number of aryl methyl sites for hydroxylation is 1. The summed E-state index contributed by atoms with van der Waals surface area (Å²) in [6.45, 7) is 7.14. The molecule has 0 radical (unpaired) electrons. The van der Waals surface area contributed by atoms with Gasteiger partial charge in [-0.3, -0.25) is 0 Å². The van der Waals surface area contributed by atoms with E-state index in [0.29, 0.717) is 5.92 Å². The van der Waals surface area contributed by atoms with Crippen LogP contribution in [-0.4, -0.2) is 13.1 Å². The maximum absolute atomic E-state index is 5.56. The van der Waals surface area contributed by atoms with Crippen LogP contribution in [0.1, 0.15) is 24.5 Å². The summed E-state index contributed by atoms with van der Waals surface area (Å²) in [6, 6.07) is 8.50. The van der Waals surface area contributed by atoms with Gasteiger partial charge in [-0.15, -0.1) is 0 Å². The summed E-state index contributed by atoms with van der Waals surface area (Å²) >= 11 is 0. The quantitative estimate of drug-likeness (QED) is 0.699. The van der Waals surface area contributed by atoms with Crippen LogP contribution in [0.25, 0.3) is 0 Å². The highest BCUT2D eigenvalue weighted by molar-refractivity contribution is 5.25. The second-order valence-electron chi connectivity index (χ2n) is 4.23. The molecule has 0 aliphatic rings. The van der Waals surface area contributed by atoms with Crippen molar-refractivity contribution in [2.75, 3.05) is 13.1 Å². The number of hydrogen-bond donors (Lipinski definition) is 2. The van der Waals surface area contributed by atoms with E-state index in [2.05, 4.69) is 43.4 Å². The van der Waals surface area contributed by atoms with Crippen molar-refractivity contribution in [2.24, 2.45) is 11.7 Å². The van der Waals surface area contributed by atoms with Crippen LogP contribution in [0.5, 0.6) is 0 Å². The monoisotopic (exact) mass is 206 g/mol. The van der Waals surface area contributed by atoms with Crippen molar-refractivity contribution in [1.82, 2.24) is 5.32 Å². The van der Waals surface area contributed by atoms with Gasteiger partial charge in [0.1, 0.15) is 0 Å². The molecule has 1 aromatic carbocycles. The molecule has 2 heteroatoms. The molecule has 0 amide bonds. The first kappa shape index (κ1) is 12.2. The summed E-state index contributed by atoms with van der Waals surface area (Å²) in [5.41, 5.74) is 8.31. The Kier molecular flexibility index (Phi) is 5.37. The van der Waals surface area contributed by atoms with Gasteiger partial charge < -0.3 is 11.1 Å². The van der Waals surface area contributed by atoms with Crippen LogP contribution in [0, 0.1) is 12.8 Å². The first-order chi connectivity index (χ1) is 7.24. The molecule has 84 valence electrons. The third-order valence-corrected chi connectivity index (χ3v) is 2.79. The largest absolute Gasteiger partial charge is 0.330 e. The number of benzene rings is 1. The molecule has 1 unspecified atom stereocenters. The molecule has 0 aliphatic heterocycles. The zero-order valence-corrected chi connectivity index (χ0v) is 9.79. The maximum atomic E-state index is 5.56. The van der Waals surface area contributed by atoms with E-state index in [1.165, 1.54) is 11.1 Å². The Morgan fingerprint density at radius 3 is 2.73 bits per heavy atom. The molecule has 0 heterocycles. The summed E-state index contributed by atoms with van der Waals surface area (Å²) in [7, 11) is 0. The molecule has 0 bridgehead atoms. The third-order valence-electron chi connectivity index (χ3n) is 2.79. The molecule has 0 fully saturated rings. The van der Waals surface area contributed by atoms with Crippen molar-refractivity contribution in [2.45, 2.75) is 26.8 Å². The van der Waals surface area contributed by atoms with Crippen molar-refractivity contribution in [1.29, 1.82) is 0 Å². The van der Waals surface area contributed by atoms with Gasteiger partial charge in [-0.25, -0.2) is 0 Å². The van der Waals surface area contributed by atoms with E-state index in [1.807, 2.05) is 0 Å². The van der Waals surface area contributed by atoms with Crippen LogP contribution >= 0.6 is 0 Å². The lowest BCUT2D eigenvalue weighted by atomic mass is 10.1. The van der Waals surface area contributed by atoms with Crippen LogP contribution in [0.2, 0.25) is 0 Å². The van der Waals surface area contributed by atoms with E-state index in [9.17, 15) is 0 Å². The Bertz CT molecular complexity index is 284. The fourth-order valence-corrected chi connectivity index (χ4v) is 1.50. The van der Waals surface area contributed by atoms with Crippen molar-refractivity contribution in [3.63, 3.8) is 0 Å². The zero-order valence-electron chi connectivity index (χ0n) is 9.79. The van der Waals surface area contributed by atoms with Gasteiger partial charge in [0, 0.05) is 6.54 Å². The van der Waals surface area contributed by atoms with E-state index >= 15 is 0 Å². The molecule has 1 aromatic rings. The summed E-state index contributed by atoms with van der Waals surface area (Å²) in [5.74, 6) is 0.620. The summed E-state index contributed by atoms with van der Waals surface area (Å²) in [5, 5.41) is 3.45. The number of hydrogen-bond acceptors (Lipinski definition) is 2. The van der Waals surface area contributed by atoms with Crippen LogP contribution < -0.4 is 11.1 Å². The molecule has 1 rings (SSSR count). The summed E-state index contributed by atoms with van der Waals surface area (Å²) < 4.78 is 0. The normalized spacial score (nSPS) is 12.7. The Hall–Kier alpha value is -0.860. The lowest BCUT2D eigenvalue weighted by Crippen LogP contribution is -2.20. The molecule has 1 atom stereocenters. The topological polar surface area (TPSA) is 38.0 Å². The standard InChI is InChI=1S/C13H22N2/c1-11(9-14)7-8-15-10-13-6-4-3-5-12(13)2/h3-6,11,15H,7-10,14H2,1-2H3. The molecule has 0 spiro atoms. The molecule has 0 aliphatic carbocycles. The van der Waals surface area contributed by atoms with Gasteiger partial charge in [0.25, 0.3) is 0 Å². The van der Waals surface area contributed by atoms with E-state index < -0.39 is 0 Å². The molecular weight excluding hydrogens is 184 g/mol. The number of rotatable bonds is 6. The van der Waals surface area contributed by atoms with Gasteiger partial charge >= 0.3 is 0 Å². The Balaban J connectivity index is 2.23. The SMILES string of the molecule is Cc1ccccc1CNCCC(C)CN. The van der Waals surface area contributed by atoms with Gasteiger partial charge in [-0.2, -0.15) is 0 Å². The third kappa shape index (κ3) is 4.45. The van der Waals surface area contributed by atoms with Gasteiger partial charge in [-0.1, -0.05) is 31.2 Å². The molecular formula is C13H22N2. The fraction of sp³-hybridized carbons (Fsp3) is 0.538. The van der Waals surface area contributed by atoms with E-state index in [1.54, 1.807) is 0 Å². The van der Waals surface area contributed by atoms with Gasteiger partial charge in [0.2, 0.25) is 0 Å². The fourth-order valence-electron chi connectivity index (χ4n) is 1.50. The van der Waals surface area contributed by atoms with Crippen molar-refractivity contribution in [3.8, 4) is 0 Å². The van der Waals surface area contributed by atoms with Crippen molar-refractivity contribution in [3.05, 3.63) is 35.4 Å². The predicted molar refractivity (Wildman–Crippen MR) is 65.7 cm³/mol. The van der Waals surface area contributed by atoms with Gasteiger partial charge in [-0.05, 0) is 43.5 Å². The van der Waals surface area contributed by atoms with Crippen LogP contribution in [0.15, 0.2) is 24.3 Å². The van der Waals surface area contributed by atoms with Gasteiger partial charge in [0.15, 0.2) is 0 Å². The highest BCUT2D eigenvalue weighted by atomic mass is 14.8. The second-order valence-corrected chi connectivity index (χ2v) is 4.23. The van der Waals surface area contributed by atoms with E-state index in [-0.39, 0.29) is 0 Å². The van der Waals surface area contributed by atoms with Crippen LogP contribution in [-0.2, 0) is 6.54 Å². The minimum atomic E-state index is 0.620. The minimum absolute atomic E-state index is 0.620. The molecule has 3 N–H and O–H groups in total. The van der Waals surface area contributed by atoms with E-state index in [4.69, 9.17) is 5.73 Å². The Morgan fingerprint density at radius 2 is 2.07 bits per heavy atom. The maximum Gasteiger partial charge on any atom is 0.0208 e. The minimum Gasteiger partial charge on any atom is -0.330 e. The van der Waals surface area contributed by atoms with Crippen LogP contribution in [0.3, 0.4) is 0 Å². The highest BCUT2D eigenvalue weighted by Gasteiger charge is 1.99. The van der Waals surface area contributed by atoms with Crippen molar-refractivity contribution >= 4 is 0 Å². The van der Waals surface area contributed by atoms with Crippen LogP contribution in [0.4, 0.5) is 0 Å². The predicted octanol–water partition coefficient (Wildman–Crippen LogP) is 2.07. The highest BCUT2D eigenvalue weighted by Crippen LogP contribution is 2.06. The average Bonchev–Trinajstić information content (AvgIpc) is 2.26. The lowest BCUT2D eigenvalue weighted by molar-refractivity contribution is 0.509. The molecule has 15 heavy (non-hydrogen) atoms. The molecule has 0 saturated carbocycles. The lowest BCUT2D eigenvalue weighted by Gasteiger charge is -2.10. The number of nitrogens with two attached hydrogens (primary N) is 1. The smallest absolute Gasteiger partial charge is 0.0208 e. The first-order valence-corrected chi connectivity index (χ1v) is 5.69. The molecule has 0 saturated heterocycles. The first-order valence-electron chi connectivity index (χ1n) is 5.69. The van der Waals surface area contributed by atoms with E-state index in [0.717, 1.165) is 26.1 Å². The zero-order chi connectivity index (χ0) is 11.1. The Morgan fingerprint density at radius 1 is 1.33 bits per heavy atom. The Labute approximate surface area is 92.9 Å². The molecule has 0 aromatic heterocycles. The summed E-state index contributed by atoms with van der Waals surface area (Å²) in [6.07, 6.45) is 1.16. The molecule has 2 nitrogen and oxygen atoms in total. The average molecular weight is 206 g/mol. The summed E-state index contributed by atoms with van der Waals surface area (Å²) in [4.78, 5) is 0.